The van der Waals surface area contributed by atoms with Gasteiger partial charge in [-0.15, -0.1) is 0 Å². The highest BCUT2D eigenvalue weighted by Gasteiger charge is 2.05. The van der Waals surface area contributed by atoms with Crippen LogP contribution in [0.3, 0.4) is 0 Å². The number of ketones is 1. The van der Waals surface area contributed by atoms with Crippen molar-refractivity contribution in [2.45, 2.75) is 26.2 Å². The minimum atomic E-state index is -0.0325. The van der Waals surface area contributed by atoms with E-state index in [4.69, 9.17) is 21.6 Å². The van der Waals surface area contributed by atoms with Crippen LogP contribution in [0.2, 0.25) is 5.28 Å². The molecule has 5 nitrogen and oxygen atoms in total. The van der Waals surface area contributed by atoms with Gasteiger partial charge in [0, 0.05) is 12.5 Å². The van der Waals surface area contributed by atoms with Crippen LogP contribution in [0.15, 0.2) is 30.3 Å². The van der Waals surface area contributed by atoms with Crippen LogP contribution >= 0.6 is 11.6 Å². The first-order valence-corrected chi connectivity index (χ1v) is 7.15. The Hall–Kier alpha value is -2.45. The van der Waals surface area contributed by atoms with Gasteiger partial charge < -0.3 is 9.53 Å². The van der Waals surface area contributed by atoms with Crippen molar-refractivity contribution in [2.24, 2.45) is 0 Å². The summed E-state index contributed by atoms with van der Waals surface area (Å²) < 4.78 is 5.56. The molecule has 0 radical (unpaired) electrons. The van der Waals surface area contributed by atoms with Crippen molar-refractivity contribution in [1.29, 1.82) is 5.26 Å². The highest BCUT2D eigenvalue weighted by Crippen LogP contribution is 2.22. The molecule has 0 aliphatic heterocycles. The molecular formula is C16H14ClN3O2. The normalized spacial score (nSPS) is 10.0. The first-order chi connectivity index (χ1) is 10.6. The van der Waals surface area contributed by atoms with E-state index in [9.17, 15) is 4.79 Å². The van der Waals surface area contributed by atoms with E-state index in [0.29, 0.717) is 12.2 Å². The van der Waals surface area contributed by atoms with Crippen LogP contribution in [-0.4, -0.2) is 15.8 Å². The number of hydrogen-bond donors (Lipinski definition) is 0. The number of hydrogen-bond acceptors (Lipinski definition) is 5. The fourth-order valence-electron chi connectivity index (χ4n) is 1.89. The van der Waals surface area contributed by atoms with Gasteiger partial charge in [0.1, 0.15) is 23.3 Å². The summed E-state index contributed by atoms with van der Waals surface area (Å²) in [4.78, 5) is 18.6. The summed E-state index contributed by atoms with van der Waals surface area (Å²) in [5.74, 6) is 1.02. The molecule has 0 amide bonds. The molecule has 0 aliphatic carbocycles. The van der Waals surface area contributed by atoms with E-state index < -0.39 is 0 Å². The lowest BCUT2D eigenvalue weighted by Gasteiger charge is -2.06. The Kier molecular flexibility index (Phi) is 5.45. The second-order valence-electron chi connectivity index (χ2n) is 4.77. The Morgan fingerprint density at radius 3 is 2.68 bits per heavy atom. The minimum Gasteiger partial charge on any atom is -0.439 e. The standard InChI is InChI=1S/C16H14ClN3O2/c1-11(21)3-2-4-12-5-7-14(8-6-12)22-15-9-13(10-18)19-16(17)20-15/h5-9H,2-4H2,1H3. The molecule has 22 heavy (non-hydrogen) atoms. The van der Waals surface area contributed by atoms with Gasteiger partial charge in [0.05, 0.1) is 0 Å². The van der Waals surface area contributed by atoms with Gasteiger partial charge >= 0.3 is 0 Å². The quantitative estimate of drug-likeness (QED) is 0.759. The van der Waals surface area contributed by atoms with Crippen LogP contribution in [-0.2, 0) is 11.2 Å². The monoisotopic (exact) mass is 315 g/mol. The first kappa shape index (κ1) is 15.9. The van der Waals surface area contributed by atoms with E-state index in [1.54, 1.807) is 6.92 Å². The zero-order valence-corrected chi connectivity index (χ0v) is 12.8. The Bertz CT molecular complexity index is 708. The molecule has 1 aromatic carbocycles. The molecule has 1 aromatic heterocycles. The maximum Gasteiger partial charge on any atom is 0.226 e. The zero-order valence-electron chi connectivity index (χ0n) is 12.0. The summed E-state index contributed by atoms with van der Waals surface area (Å²) >= 11 is 5.72. The number of carbonyl (C=O) groups is 1. The lowest BCUT2D eigenvalue weighted by atomic mass is 10.1. The summed E-state index contributed by atoms with van der Waals surface area (Å²) in [6, 6.07) is 10.8. The van der Waals surface area contributed by atoms with Gasteiger partial charge in [-0.25, -0.2) is 4.98 Å². The molecular weight excluding hydrogens is 302 g/mol. The second kappa shape index (κ2) is 7.53. The Morgan fingerprint density at radius 2 is 2.05 bits per heavy atom. The number of rotatable bonds is 6. The van der Waals surface area contributed by atoms with Gasteiger partial charge in [-0.3, -0.25) is 0 Å². The third-order valence-corrected chi connectivity index (χ3v) is 3.10. The van der Waals surface area contributed by atoms with Crippen LogP contribution in [0.5, 0.6) is 11.6 Å². The summed E-state index contributed by atoms with van der Waals surface area (Å²) in [6.07, 6.45) is 2.27. The Labute approximate surface area is 133 Å². The molecule has 0 saturated carbocycles. The summed E-state index contributed by atoms with van der Waals surface area (Å²) in [7, 11) is 0. The smallest absolute Gasteiger partial charge is 0.226 e. The van der Waals surface area contributed by atoms with Crippen LogP contribution < -0.4 is 4.74 Å². The number of aromatic nitrogens is 2. The van der Waals surface area contributed by atoms with E-state index >= 15 is 0 Å². The summed E-state index contributed by atoms with van der Waals surface area (Å²) in [6.45, 7) is 1.60. The van der Waals surface area contributed by atoms with Crippen molar-refractivity contribution in [2.75, 3.05) is 0 Å². The van der Waals surface area contributed by atoms with Crippen LogP contribution in [0.25, 0.3) is 0 Å². The fourth-order valence-corrected chi connectivity index (χ4v) is 2.07. The Morgan fingerprint density at radius 1 is 1.32 bits per heavy atom. The topological polar surface area (TPSA) is 75.9 Å². The SMILES string of the molecule is CC(=O)CCCc1ccc(Oc2cc(C#N)nc(Cl)n2)cc1. The third-order valence-electron chi connectivity index (χ3n) is 2.93. The van der Waals surface area contributed by atoms with Crippen molar-refractivity contribution in [3.05, 3.63) is 46.9 Å². The number of aryl methyl sites for hydroxylation is 1. The van der Waals surface area contributed by atoms with Gasteiger partial charge in [-0.2, -0.15) is 10.2 Å². The molecule has 0 N–H and O–H groups in total. The molecule has 112 valence electrons. The largest absolute Gasteiger partial charge is 0.439 e. The van der Waals surface area contributed by atoms with E-state index in [1.807, 2.05) is 30.3 Å². The van der Waals surface area contributed by atoms with Gasteiger partial charge in [0.15, 0.2) is 0 Å². The van der Waals surface area contributed by atoms with Crippen molar-refractivity contribution in [3.8, 4) is 17.7 Å². The van der Waals surface area contributed by atoms with Crippen LogP contribution in [0.1, 0.15) is 31.0 Å². The molecule has 1 heterocycles. The zero-order chi connectivity index (χ0) is 15.9. The van der Waals surface area contributed by atoms with Crippen molar-refractivity contribution in [3.63, 3.8) is 0 Å². The number of nitriles is 1. The van der Waals surface area contributed by atoms with Crippen molar-refractivity contribution in [1.82, 2.24) is 9.97 Å². The summed E-state index contributed by atoms with van der Waals surface area (Å²) in [5.41, 5.74) is 1.28. The predicted molar refractivity (Wildman–Crippen MR) is 81.9 cm³/mol. The van der Waals surface area contributed by atoms with E-state index in [-0.39, 0.29) is 22.6 Å². The molecule has 0 aliphatic rings. The number of Topliss-reactive ketones (excluding diaryl/α,β-unsaturated/α-hetero) is 1. The number of ether oxygens (including phenoxy) is 1. The molecule has 0 bridgehead atoms. The van der Waals surface area contributed by atoms with E-state index in [2.05, 4.69) is 9.97 Å². The minimum absolute atomic E-state index is 0.0325. The average Bonchev–Trinajstić information content (AvgIpc) is 2.48. The molecule has 0 saturated heterocycles. The van der Waals surface area contributed by atoms with Gasteiger partial charge in [-0.05, 0) is 49.1 Å². The molecule has 0 atom stereocenters. The number of carbonyl (C=O) groups excluding carboxylic acids is 1. The fraction of sp³-hybridized carbons (Fsp3) is 0.250. The van der Waals surface area contributed by atoms with Crippen molar-refractivity contribution < 1.29 is 9.53 Å². The molecule has 2 aromatic rings. The third kappa shape index (κ3) is 4.83. The molecule has 0 unspecified atom stereocenters. The van der Waals surface area contributed by atoms with Crippen LogP contribution in [0.4, 0.5) is 0 Å². The maximum atomic E-state index is 10.9. The van der Waals surface area contributed by atoms with Crippen LogP contribution in [0, 0.1) is 11.3 Å². The molecule has 2 rings (SSSR count). The van der Waals surface area contributed by atoms with Crippen molar-refractivity contribution >= 4 is 17.4 Å². The number of halogens is 1. The van der Waals surface area contributed by atoms with Gasteiger partial charge in [-0.1, -0.05) is 12.1 Å². The predicted octanol–water partition coefficient (Wildman–Crippen LogP) is 3.71. The molecule has 0 fully saturated rings. The van der Waals surface area contributed by atoms with Gasteiger partial charge in [0.25, 0.3) is 0 Å². The molecule has 6 heteroatoms. The first-order valence-electron chi connectivity index (χ1n) is 6.78. The highest BCUT2D eigenvalue weighted by molar-refractivity contribution is 6.28. The lowest BCUT2D eigenvalue weighted by Crippen LogP contribution is -1.94. The van der Waals surface area contributed by atoms with E-state index in [0.717, 1.165) is 18.4 Å². The number of nitrogens with zero attached hydrogens (tertiary/aromatic N) is 3. The average molecular weight is 316 g/mol. The lowest BCUT2D eigenvalue weighted by molar-refractivity contribution is -0.117. The number of benzene rings is 1. The van der Waals surface area contributed by atoms with Gasteiger partial charge in [0.2, 0.25) is 11.2 Å². The maximum absolute atomic E-state index is 10.9. The highest BCUT2D eigenvalue weighted by atomic mass is 35.5. The Balaban J connectivity index is 2.01. The molecule has 0 spiro atoms. The van der Waals surface area contributed by atoms with E-state index in [1.165, 1.54) is 6.07 Å². The second-order valence-corrected chi connectivity index (χ2v) is 5.11. The summed E-state index contributed by atoms with van der Waals surface area (Å²) in [5, 5.41) is 8.80.